The van der Waals surface area contributed by atoms with Crippen LogP contribution in [-0.4, -0.2) is 52.5 Å². The van der Waals surface area contributed by atoms with Crippen molar-refractivity contribution in [2.24, 2.45) is 9.98 Å². The highest BCUT2D eigenvalue weighted by molar-refractivity contribution is 8.14. The van der Waals surface area contributed by atoms with E-state index in [1.165, 1.54) is 11.8 Å². The van der Waals surface area contributed by atoms with Crippen LogP contribution in [0.25, 0.3) is 0 Å². The molecule has 2 heterocycles. The first-order chi connectivity index (χ1) is 19.0. The SMILES string of the molecule is COc1cccc(NC(=O)CSC2=Nc3ccccc3C3=NC(=O)C(CCC(=O)NCc4ccccc4)N23)c1. The van der Waals surface area contributed by atoms with Crippen molar-refractivity contribution in [2.75, 3.05) is 18.2 Å². The topological polar surface area (TPSA) is 112 Å². The summed E-state index contributed by atoms with van der Waals surface area (Å²) >= 11 is 1.22. The molecule has 10 heteroatoms. The van der Waals surface area contributed by atoms with Gasteiger partial charge in [-0.3, -0.25) is 19.3 Å². The van der Waals surface area contributed by atoms with E-state index in [1.807, 2.05) is 54.6 Å². The lowest BCUT2D eigenvalue weighted by Crippen LogP contribution is -2.44. The third-order valence-electron chi connectivity index (χ3n) is 6.27. The molecule has 2 N–H and O–H groups in total. The molecule has 1 unspecified atom stereocenters. The van der Waals surface area contributed by atoms with Crippen LogP contribution in [0.5, 0.6) is 5.75 Å². The van der Waals surface area contributed by atoms with E-state index in [1.54, 1.807) is 36.3 Å². The number of carbonyl (C=O) groups is 3. The van der Waals surface area contributed by atoms with Gasteiger partial charge in [0.25, 0.3) is 5.91 Å². The fraction of sp³-hybridized carbons (Fsp3) is 0.207. The summed E-state index contributed by atoms with van der Waals surface area (Å²) in [6, 6.07) is 23.5. The van der Waals surface area contributed by atoms with E-state index in [9.17, 15) is 14.4 Å². The number of hydrogen-bond acceptors (Lipinski definition) is 7. The highest BCUT2D eigenvalue weighted by Gasteiger charge is 2.41. The molecule has 3 aromatic rings. The maximum atomic E-state index is 13.0. The smallest absolute Gasteiger partial charge is 0.270 e. The molecule has 0 spiro atoms. The van der Waals surface area contributed by atoms with E-state index in [-0.39, 0.29) is 36.3 Å². The second-order valence-electron chi connectivity index (χ2n) is 8.94. The van der Waals surface area contributed by atoms with Crippen molar-refractivity contribution < 1.29 is 19.1 Å². The Hall–Kier alpha value is -4.44. The summed E-state index contributed by atoms with van der Waals surface area (Å²) in [6.45, 7) is 0.419. The first-order valence-corrected chi connectivity index (χ1v) is 13.5. The fourth-order valence-electron chi connectivity index (χ4n) is 4.36. The van der Waals surface area contributed by atoms with Crippen LogP contribution in [0.2, 0.25) is 0 Å². The van der Waals surface area contributed by atoms with Crippen LogP contribution in [0, 0.1) is 0 Å². The molecule has 2 aliphatic rings. The number of para-hydroxylation sites is 1. The quantitative estimate of drug-likeness (QED) is 0.422. The number of aliphatic imine (C=N–C) groups is 2. The lowest BCUT2D eigenvalue weighted by Gasteiger charge is -2.31. The summed E-state index contributed by atoms with van der Waals surface area (Å²) in [5.41, 5.74) is 3.04. The van der Waals surface area contributed by atoms with Gasteiger partial charge in [-0.15, -0.1) is 0 Å². The van der Waals surface area contributed by atoms with E-state index in [2.05, 4.69) is 15.6 Å². The number of thioether (sulfide) groups is 1. The normalized spacial score (nSPS) is 15.6. The molecule has 0 saturated carbocycles. The number of nitrogens with zero attached hydrogens (tertiary/aromatic N) is 3. The van der Waals surface area contributed by atoms with Gasteiger partial charge < -0.3 is 15.4 Å². The molecule has 0 aromatic heterocycles. The summed E-state index contributed by atoms with van der Waals surface area (Å²) in [4.78, 5) is 49.2. The fourth-order valence-corrected chi connectivity index (χ4v) is 5.20. The van der Waals surface area contributed by atoms with Crippen molar-refractivity contribution in [3.63, 3.8) is 0 Å². The molecule has 0 saturated heterocycles. The highest BCUT2D eigenvalue weighted by atomic mass is 32.2. The van der Waals surface area contributed by atoms with Gasteiger partial charge in [0.15, 0.2) is 5.17 Å². The standard InChI is InChI=1S/C29H27N5O4S/c1-38-21-11-7-10-20(16-21)31-26(36)18-39-29-32-23-13-6-5-12-22(23)27-33-28(37)24(34(27)29)14-15-25(35)30-17-19-8-3-2-4-9-19/h2-13,16,24H,14-15,17-18H2,1H3,(H,30,35)(H,31,36). The van der Waals surface area contributed by atoms with E-state index < -0.39 is 6.04 Å². The number of methoxy groups -OCH3 is 1. The van der Waals surface area contributed by atoms with Crippen LogP contribution >= 0.6 is 11.8 Å². The molecule has 198 valence electrons. The van der Waals surface area contributed by atoms with Gasteiger partial charge in [0.05, 0.1) is 18.6 Å². The molecule has 2 aliphatic heterocycles. The van der Waals surface area contributed by atoms with Gasteiger partial charge in [-0.25, -0.2) is 4.99 Å². The Morgan fingerprint density at radius 3 is 2.59 bits per heavy atom. The Bertz CT molecular complexity index is 1460. The lowest BCUT2D eigenvalue weighted by atomic mass is 10.1. The van der Waals surface area contributed by atoms with Gasteiger partial charge in [-0.05, 0) is 36.2 Å². The minimum atomic E-state index is -0.677. The summed E-state index contributed by atoms with van der Waals surface area (Å²) in [5, 5.41) is 6.26. The number of fused-ring (bicyclic) bond motifs is 3. The molecule has 9 nitrogen and oxygen atoms in total. The van der Waals surface area contributed by atoms with Crippen LogP contribution in [0.1, 0.15) is 24.0 Å². The van der Waals surface area contributed by atoms with Crippen molar-refractivity contribution in [3.05, 3.63) is 90.0 Å². The molecule has 1 atom stereocenters. The summed E-state index contributed by atoms with van der Waals surface area (Å²) in [7, 11) is 1.57. The number of amidine groups is 2. The maximum absolute atomic E-state index is 13.0. The number of amides is 3. The molecule has 39 heavy (non-hydrogen) atoms. The summed E-state index contributed by atoms with van der Waals surface area (Å²) in [5.74, 6) is 0.501. The number of anilines is 1. The average molecular weight is 542 g/mol. The van der Waals surface area contributed by atoms with Gasteiger partial charge in [-0.2, -0.15) is 4.99 Å². The van der Waals surface area contributed by atoms with Crippen molar-refractivity contribution in [2.45, 2.75) is 25.4 Å². The van der Waals surface area contributed by atoms with Crippen molar-refractivity contribution in [1.82, 2.24) is 10.2 Å². The van der Waals surface area contributed by atoms with E-state index >= 15 is 0 Å². The van der Waals surface area contributed by atoms with Crippen molar-refractivity contribution in [1.29, 1.82) is 0 Å². The number of nitrogens with one attached hydrogen (secondary N) is 2. The Kier molecular flexibility index (Phi) is 8.02. The molecule has 3 amide bonds. The summed E-state index contributed by atoms with van der Waals surface area (Å²) in [6.07, 6.45) is 0.419. The lowest BCUT2D eigenvalue weighted by molar-refractivity contribution is -0.122. The zero-order valence-corrected chi connectivity index (χ0v) is 22.1. The van der Waals surface area contributed by atoms with E-state index in [0.29, 0.717) is 34.7 Å². The van der Waals surface area contributed by atoms with Crippen LogP contribution in [0.3, 0.4) is 0 Å². The second kappa shape index (κ2) is 12.0. The predicted molar refractivity (Wildman–Crippen MR) is 152 cm³/mol. The number of hydrogen-bond donors (Lipinski definition) is 2. The Morgan fingerprint density at radius 1 is 0.974 bits per heavy atom. The average Bonchev–Trinajstić information content (AvgIpc) is 3.30. The Labute approximate surface area is 230 Å². The van der Waals surface area contributed by atoms with Crippen molar-refractivity contribution >= 4 is 51.9 Å². The van der Waals surface area contributed by atoms with Crippen LogP contribution in [-0.2, 0) is 20.9 Å². The zero-order chi connectivity index (χ0) is 27.2. The van der Waals surface area contributed by atoms with Crippen LogP contribution in [0.15, 0.2) is 88.8 Å². The second-order valence-corrected chi connectivity index (χ2v) is 9.88. The number of carbonyl (C=O) groups excluding carboxylic acids is 3. The Balaban J connectivity index is 1.27. The van der Waals surface area contributed by atoms with Crippen LogP contribution in [0.4, 0.5) is 11.4 Å². The number of benzene rings is 3. The molecule has 0 bridgehead atoms. The monoisotopic (exact) mass is 541 g/mol. The van der Waals surface area contributed by atoms with Gasteiger partial charge in [0.1, 0.15) is 17.6 Å². The van der Waals surface area contributed by atoms with E-state index in [4.69, 9.17) is 9.73 Å². The molecule has 3 aromatic carbocycles. The molecule has 0 fully saturated rings. The van der Waals surface area contributed by atoms with Gasteiger partial charge in [0.2, 0.25) is 11.8 Å². The number of ether oxygens (including phenoxy) is 1. The first kappa shape index (κ1) is 26.2. The van der Waals surface area contributed by atoms with Crippen LogP contribution < -0.4 is 15.4 Å². The largest absolute Gasteiger partial charge is 0.497 e. The zero-order valence-electron chi connectivity index (χ0n) is 21.3. The minimum absolute atomic E-state index is 0.0699. The third-order valence-corrected chi connectivity index (χ3v) is 7.22. The molecular weight excluding hydrogens is 514 g/mol. The molecule has 0 aliphatic carbocycles. The molecular formula is C29H27N5O4S. The highest BCUT2D eigenvalue weighted by Crippen LogP contribution is 2.35. The van der Waals surface area contributed by atoms with Gasteiger partial charge >= 0.3 is 0 Å². The molecule has 5 rings (SSSR count). The van der Waals surface area contributed by atoms with Crippen molar-refractivity contribution in [3.8, 4) is 5.75 Å². The third kappa shape index (κ3) is 6.18. The maximum Gasteiger partial charge on any atom is 0.270 e. The Morgan fingerprint density at radius 2 is 1.77 bits per heavy atom. The van der Waals surface area contributed by atoms with Gasteiger partial charge in [-0.1, -0.05) is 60.3 Å². The first-order valence-electron chi connectivity index (χ1n) is 12.5. The van der Waals surface area contributed by atoms with Gasteiger partial charge in [0, 0.05) is 30.3 Å². The van der Waals surface area contributed by atoms with E-state index in [0.717, 1.165) is 11.1 Å². The summed E-state index contributed by atoms with van der Waals surface area (Å²) < 4.78 is 5.22. The molecule has 0 radical (unpaired) electrons. The number of rotatable bonds is 9. The predicted octanol–water partition coefficient (Wildman–Crippen LogP) is 4.12. The minimum Gasteiger partial charge on any atom is -0.497 e.